The molecule has 4 rings (SSSR count). The zero-order valence-corrected chi connectivity index (χ0v) is 21.6. The van der Waals surface area contributed by atoms with Crippen molar-refractivity contribution in [3.8, 4) is 0 Å². The molecule has 0 bridgehead atoms. The van der Waals surface area contributed by atoms with Crippen LogP contribution >= 0.6 is 0 Å². The quantitative estimate of drug-likeness (QED) is 0.180. The lowest BCUT2D eigenvalue weighted by atomic mass is 9.81. The zero-order valence-electron chi connectivity index (χ0n) is 21.6. The summed E-state index contributed by atoms with van der Waals surface area (Å²) in [6.45, 7) is 0. The molecule has 1 heterocycles. The van der Waals surface area contributed by atoms with Crippen LogP contribution in [0.2, 0.25) is 0 Å². The topological polar surface area (TPSA) is 86.9 Å². The van der Waals surface area contributed by atoms with Gasteiger partial charge in [-0.05, 0) is 37.0 Å². The molecule has 0 aliphatic heterocycles. The lowest BCUT2D eigenvalue weighted by molar-refractivity contribution is -0.127. The molecule has 15 heteroatoms. The minimum atomic E-state index is -3.65. The van der Waals surface area contributed by atoms with E-state index in [1.54, 1.807) is 0 Å². The Labute approximate surface area is 233 Å². The maximum absolute atomic E-state index is 15.6. The summed E-state index contributed by atoms with van der Waals surface area (Å²) in [6, 6.07) is 5.95. The number of aromatic nitrogens is 2. The van der Waals surface area contributed by atoms with Crippen LogP contribution in [0.15, 0.2) is 36.4 Å². The summed E-state index contributed by atoms with van der Waals surface area (Å²) in [5.41, 5.74) is -1.55. The molecule has 3 atom stereocenters. The van der Waals surface area contributed by atoms with Gasteiger partial charge in [-0.1, -0.05) is 18.2 Å². The van der Waals surface area contributed by atoms with Crippen molar-refractivity contribution in [3.05, 3.63) is 65.0 Å². The molecule has 0 radical (unpaired) electrons. The van der Waals surface area contributed by atoms with Crippen LogP contribution in [0.25, 0.3) is 11.0 Å². The lowest BCUT2D eigenvalue weighted by Crippen LogP contribution is -2.40. The fourth-order valence-electron chi connectivity index (χ4n) is 5.02. The Hall–Kier alpha value is -3.78. The van der Waals surface area contributed by atoms with Crippen molar-refractivity contribution in [1.29, 1.82) is 0 Å². The van der Waals surface area contributed by atoms with Gasteiger partial charge >= 0.3 is 0 Å². The third-order valence-electron chi connectivity index (χ3n) is 7.18. The normalized spacial score (nSPS) is 17.8. The highest BCUT2D eigenvalue weighted by Gasteiger charge is 2.40. The average Bonchev–Trinajstić information content (AvgIpc) is 3.36. The van der Waals surface area contributed by atoms with Crippen molar-refractivity contribution in [2.24, 2.45) is 5.92 Å². The Morgan fingerprint density at radius 1 is 0.976 bits per heavy atom. The number of imidazole rings is 1. The van der Waals surface area contributed by atoms with Crippen molar-refractivity contribution >= 4 is 22.8 Å². The number of H-pyrrole nitrogens is 1. The van der Waals surface area contributed by atoms with Crippen LogP contribution in [-0.2, 0) is 4.79 Å². The number of halogens is 9. The highest BCUT2D eigenvalue weighted by atomic mass is 19.3. The predicted molar refractivity (Wildman–Crippen MR) is 132 cm³/mol. The number of aromatic amines is 1. The molecule has 228 valence electrons. The number of hydrogen-bond acceptors (Lipinski definition) is 3. The number of nitrogens with zero attached hydrogens (tertiary/aromatic N) is 1. The highest BCUT2D eigenvalue weighted by Crippen LogP contribution is 2.41. The van der Waals surface area contributed by atoms with Gasteiger partial charge in [0.15, 0.2) is 5.82 Å². The first-order valence-corrected chi connectivity index (χ1v) is 12.9. The Morgan fingerprint density at radius 3 is 2.26 bits per heavy atom. The lowest BCUT2D eigenvalue weighted by Gasteiger charge is -2.33. The van der Waals surface area contributed by atoms with Gasteiger partial charge in [0.05, 0.1) is 23.0 Å². The van der Waals surface area contributed by atoms with Crippen molar-refractivity contribution in [1.82, 2.24) is 20.6 Å². The third kappa shape index (κ3) is 6.98. The zero-order chi connectivity index (χ0) is 30.8. The van der Waals surface area contributed by atoms with E-state index < -0.39 is 96.7 Å². The van der Waals surface area contributed by atoms with Gasteiger partial charge in [0, 0.05) is 24.8 Å². The largest absolute Gasteiger partial charge is 0.342 e. The van der Waals surface area contributed by atoms with E-state index in [4.69, 9.17) is 0 Å². The molecule has 6 nitrogen and oxygen atoms in total. The van der Waals surface area contributed by atoms with Crippen LogP contribution in [0.3, 0.4) is 0 Å². The van der Waals surface area contributed by atoms with E-state index in [-0.39, 0.29) is 29.7 Å². The molecule has 3 aromatic rings. The first-order chi connectivity index (χ1) is 19.8. The maximum Gasteiger partial charge on any atom is 0.287 e. The van der Waals surface area contributed by atoms with Crippen molar-refractivity contribution in [2.45, 2.75) is 69.1 Å². The van der Waals surface area contributed by atoms with Crippen LogP contribution < -0.4 is 10.6 Å². The molecular formula is C27H25F9N4O2. The summed E-state index contributed by atoms with van der Waals surface area (Å²) in [5, 5.41) is 3.82. The summed E-state index contributed by atoms with van der Waals surface area (Å²) >= 11 is 0. The van der Waals surface area contributed by atoms with Gasteiger partial charge in [-0.25, -0.2) is 44.5 Å². The molecule has 2 aromatic carbocycles. The van der Waals surface area contributed by atoms with E-state index in [1.807, 2.05) is 0 Å². The van der Waals surface area contributed by atoms with Gasteiger partial charge < -0.3 is 15.6 Å². The number of carbonyl (C=O) groups excluding carboxylic acids is 2. The Bertz CT molecular complexity index is 1420. The average molecular weight is 609 g/mol. The Kier molecular flexibility index (Phi) is 9.36. The molecule has 0 spiro atoms. The van der Waals surface area contributed by atoms with Crippen LogP contribution in [0.1, 0.15) is 65.8 Å². The number of rotatable bonds is 10. The third-order valence-corrected chi connectivity index (χ3v) is 7.18. The van der Waals surface area contributed by atoms with Crippen molar-refractivity contribution in [2.75, 3.05) is 0 Å². The number of fused-ring (bicyclic) bond motifs is 1. The minimum absolute atomic E-state index is 0.0373. The molecule has 2 amide bonds. The number of carbonyl (C=O) groups is 2. The van der Waals surface area contributed by atoms with E-state index in [0.29, 0.717) is 0 Å². The summed E-state index contributed by atoms with van der Waals surface area (Å²) in [5.74, 6) is -10.4. The number of benzene rings is 2. The minimum Gasteiger partial charge on any atom is -0.342 e. The standard InChI is InChI=1S/C27H25F9N4O2/c28-16-4-2-1-3-14(16)25(41)39-20(12-7-9-27(35,36)10-8-12)24-37-17-6-5-13(19(31)21(17)38-24)15(11-18(29)30)26(42)40-23(34)22(32)33/h1-6,12,15,18,20,22-23H,7-11H2,(H,37,38)(H,39,41)(H,40,42)/t15?,20-,23?/m0/s1. The molecule has 1 aliphatic carbocycles. The Balaban J connectivity index is 1.71. The van der Waals surface area contributed by atoms with Crippen LogP contribution in [0.5, 0.6) is 0 Å². The van der Waals surface area contributed by atoms with Crippen LogP contribution in [-0.4, -0.2) is 46.9 Å². The van der Waals surface area contributed by atoms with Gasteiger partial charge in [-0.2, -0.15) is 0 Å². The van der Waals surface area contributed by atoms with Gasteiger partial charge in [-0.15, -0.1) is 0 Å². The van der Waals surface area contributed by atoms with Crippen molar-refractivity contribution in [3.63, 3.8) is 0 Å². The number of hydrogen-bond donors (Lipinski definition) is 3. The second-order valence-electron chi connectivity index (χ2n) is 10.0. The Morgan fingerprint density at radius 2 is 1.64 bits per heavy atom. The van der Waals surface area contributed by atoms with Gasteiger partial charge in [0.2, 0.25) is 24.6 Å². The van der Waals surface area contributed by atoms with E-state index >= 15 is 4.39 Å². The number of amides is 2. The van der Waals surface area contributed by atoms with E-state index in [2.05, 4.69) is 15.3 Å². The molecular weight excluding hydrogens is 583 g/mol. The van der Waals surface area contributed by atoms with Crippen LogP contribution in [0, 0.1) is 17.6 Å². The fraction of sp³-hybridized carbons (Fsp3) is 0.444. The predicted octanol–water partition coefficient (Wildman–Crippen LogP) is 6.55. The SMILES string of the molecule is O=C(N[C@H](c1nc2c(F)c(C(CC(F)F)C(=O)NC(F)C(F)F)ccc2[nH]1)C1CCC(F)(F)CC1)c1ccccc1F. The second kappa shape index (κ2) is 12.6. The molecule has 3 N–H and O–H groups in total. The van der Waals surface area contributed by atoms with Gasteiger partial charge in [0.25, 0.3) is 12.3 Å². The smallest absolute Gasteiger partial charge is 0.287 e. The fourth-order valence-corrected chi connectivity index (χ4v) is 5.02. The van der Waals surface area contributed by atoms with Gasteiger partial charge in [0.1, 0.15) is 17.2 Å². The molecule has 1 aromatic heterocycles. The monoisotopic (exact) mass is 608 g/mol. The summed E-state index contributed by atoms with van der Waals surface area (Å²) < 4.78 is 123. The molecule has 1 fully saturated rings. The maximum atomic E-state index is 15.6. The summed E-state index contributed by atoms with van der Waals surface area (Å²) in [4.78, 5) is 32.2. The number of alkyl halides is 7. The summed E-state index contributed by atoms with van der Waals surface area (Å²) in [6.07, 6.45) is -12.5. The first-order valence-electron chi connectivity index (χ1n) is 12.9. The van der Waals surface area contributed by atoms with E-state index in [0.717, 1.165) is 18.2 Å². The van der Waals surface area contributed by atoms with Crippen molar-refractivity contribution < 1.29 is 49.1 Å². The molecule has 0 saturated heterocycles. The number of nitrogens with one attached hydrogen (secondary N) is 3. The highest BCUT2D eigenvalue weighted by molar-refractivity contribution is 5.94. The molecule has 1 aliphatic rings. The van der Waals surface area contributed by atoms with E-state index in [1.165, 1.54) is 23.5 Å². The molecule has 2 unspecified atom stereocenters. The molecule has 42 heavy (non-hydrogen) atoms. The van der Waals surface area contributed by atoms with E-state index in [9.17, 15) is 44.7 Å². The summed E-state index contributed by atoms with van der Waals surface area (Å²) in [7, 11) is 0. The first kappa shape index (κ1) is 31.2. The van der Waals surface area contributed by atoms with Gasteiger partial charge in [-0.3, -0.25) is 9.59 Å². The van der Waals surface area contributed by atoms with Crippen LogP contribution in [0.4, 0.5) is 39.5 Å². The molecule has 1 saturated carbocycles. The second-order valence-corrected chi connectivity index (χ2v) is 10.0.